The molecule has 0 spiro atoms. The first kappa shape index (κ1) is 28.5. The molecule has 4 rings (SSSR count). The first-order valence-corrected chi connectivity index (χ1v) is 14.1. The van der Waals surface area contributed by atoms with Crippen molar-refractivity contribution in [2.75, 3.05) is 67.5 Å². The van der Waals surface area contributed by atoms with E-state index >= 15 is 0 Å². The molecule has 0 saturated carbocycles. The molecule has 2 saturated heterocycles. The van der Waals surface area contributed by atoms with Gasteiger partial charge in [0, 0.05) is 63.7 Å². The van der Waals surface area contributed by atoms with E-state index in [1.54, 1.807) is 4.90 Å². The summed E-state index contributed by atoms with van der Waals surface area (Å²) in [4.78, 5) is 39.0. The minimum Gasteiger partial charge on any atom is -0.444 e. The van der Waals surface area contributed by atoms with Gasteiger partial charge in [-0.15, -0.1) is 0 Å². The fourth-order valence-corrected chi connectivity index (χ4v) is 5.25. The number of carbonyl (C=O) groups is 2. The Kier molecular flexibility index (Phi) is 8.57. The van der Waals surface area contributed by atoms with Crippen LogP contribution in [0.3, 0.4) is 0 Å². The first-order valence-electron chi connectivity index (χ1n) is 14.1. The summed E-state index contributed by atoms with van der Waals surface area (Å²) >= 11 is 0. The van der Waals surface area contributed by atoms with Gasteiger partial charge in [-0.2, -0.15) is 0 Å². The van der Waals surface area contributed by atoms with Crippen molar-refractivity contribution in [3.63, 3.8) is 0 Å². The van der Waals surface area contributed by atoms with E-state index in [0.717, 1.165) is 42.3 Å². The van der Waals surface area contributed by atoms with Crippen LogP contribution < -0.4 is 15.1 Å². The quantitative estimate of drug-likeness (QED) is 0.594. The number of hydrogen-bond acceptors (Lipinski definition) is 6. The van der Waals surface area contributed by atoms with Crippen molar-refractivity contribution in [3.05, 3.63) is 46.6 Å². The minimum absolute atomic E-state index is 0.101. The third-order valence-electron chi connectivity index (χ3n) is 7.29. The van der Waals surface area contributed by atoms with E-state index in [1.165, 1.54) is 16.8 Å². The minimum atomic E-state index is -0.523. The smallest absolute Gasteiger partial charge is 0.410 e. The maximum Gasteiger partial charge on any atom is 0.410 e. The number of urea groups is 1. The summed E-state index contributed by atoms with van der Waals surface area (Å²) in [6, 6.07) is 8.56. The highest BCUT2D eigenvalue weighted by Gasteiger charge is 2.29. The lowest BCUT2D eigenvalue weighted by molar-refractivity contribution is 0.0240. The lowest BCUT2D eigenvalue weighted by Crippen LogP contribution is -2.51. The van der Waals surface area contributed by atoms with Crippen LogP contribution in [0.15, 0.2) is 24.3 Å². The Balaban J connectivity index is 1.42. The van der Waals surface area contributed by atoms with Gasteiger partial charge in [0.1, 0.15) is 5.60 Å². The van der Waals surface area contributed by atoms with Gasteiger partial charge in [0.25, 0.3) is 0 Å². The number of aryl methyl sites for hydroxylation is 4. The largest absolute Gasteiger partial charge is 0.444 e. The molecule has 1 aromatic heterocycles. The molecular formula is C30H44N6O3. The molecule has 2 fully saturated rings. The van der Waals surface area contributed by atoms with E-state index < -0.39 is 5.60 Å². The van der Waals surface area contributed by atoms with Crippen LogP contribution in [0.2, 0.25) is 0 Å². The average molecular weight is 537 g/mol. The van der Waals surface area contributed by atoms with E-state index in [4.69, 9.17) is 9.72 Å². The second-order valence-electron chi connectivity index (χ2n) is 11.7. The van der Waals surface area contributed by atoms with Crippen molar-refractivity contribution in [1.29, 1.82) is 0 Å². The molecule has 9 nitrogen and oxygen atoms in total. The van der Waals surface area contributed by atoms with Crippen molar-refractivity contribution >= 4 is 29.3 Å². The Morgan fingerprint density at radius 3 is 1.97 bits per heavy atom. The number of hydrogen-bond donors (Lipinski definition) is 1. The number of nitrogens with one attached hydrogen (secondary N) is 1. The lowest BCUT2D eigenvalue weighted by Gasteiger charge is -2.38. The molecule has 39 heavy (non-hydrogen) atoms. The first-order chi connectivity index (χ1) is 18.4. The summed E-state index contributed by atoms with van der Waals surface area (Å²) < 4.78 is 5.55. The van der Waals surface area contributed by atoms with Gasteiger partial charge >= 0.3 is 12.1 Å². The third kappa shape index (κ3) is 7.13. The highest BCUT2D eigenvalue weighted by Crippen LogP contribution is 2.29. The Bertz CT molecular complexity index is 1170. The number of amides is 3. The van der Waals surface area contributed by atoms with Crippen LogP contribution in [0, 0.1) is 20.8 Å². The number of carbonyl (C=O) groups excluding carboxylic acids is 2. The maximum absolute atomic E-state index is 13.4. The number of benzene rings is 1. The maximum atomic E-state index is 13.4. The van der Waals surface area contributed by atoms with Crippen molar-refractivity contribution in [3.8, 4) is 0 Å². The predicted molar refractivity (Wildman–Crippen MR) is 157 cm³/mol. The van der Waals surface area contributed by atoms with Gasteiger partial charge in [0.2, 0.25) is 0 Å². The topological polar surface area (TPSA) is 81.3 Å². The summed E-state index contributed by atoms with van der Waals surface area (Å²) in [5.41, 5.74) is 6.00. The van der Waals surface area contributed by atoms with Crippen LogP contribution in [0.5, 0.6) is 0 Å². The highest BCUT2D eigenvalue weighted by molar-refractivity contribution is 5.93. The fourth-order valence-electron chi connectivity index (χ4n) is 5.25. The zero-order chi connectivity index (χ0) is 28.3. The van der Waals surface area contributed by atoms with Crippen molar-refractivity contribution in [2.45, 2.75) is 60.5 Å². The van der Waals surface area contributed by atoms with Crippen LogP contribution in [0.1, 0.15) is 50.1 Å². The van der Waals surface area contributed by atoms with E-state index in [9.17, 15) is 9.59 Å². The molecule has 0 aliphatic carbocycles. The van der Waals surface area contributed by atoms with Gasteiger partial charge in [-0.3, -0.25) is 0 Å². The number of pyridine rings is 1. The van der Waals surface area contributed by atoms with Gasteiger partial charge in [-0.05, 0) is 82.9 Å². The second-order valence-corrected chi connectivity index (χ2v) is 11.7. The highest BCUT2D eigenvalue weighted by atomic mass is 16.6. The Morgan fingerprint density at radius 2 is 1.41 bits per heavy atom. The molecule has 2 aliphatic heterocycles. The van der Waals surface area contributed by atoms with E-state index in [2.05, 4.69) is 60.2 Å². The number of ether oxygens (including phenoxy) is 1. The van der Waals surface area contributed by atoms with E-state index in [-0.39, 0.29) is 12.1 Å². The number of piperazine rings is 2. The van der Waals surface area contributed by atoms with Crippen LogP contribution >= 0.6 is 0 Å². The summed E-state index contributed by atoms with van der Waals surface area (Å²) in [7, 11) is 0. The Labute approximate surface area is 233 Å². The van der Waals surface area contributed by atoms with E-state index in [0.29, 0.717) is 39.3 Å². The van der Waals surface area contributed by atoms with E-state index in [1.807, 2.05) is 32.6 Å². The van der Waals surface area contributed by atoms with Crippen LogP contribution in [0.4, 0.5) is 26.8 Å². The number of nitrogens with zero attached hydrogens (tertiary/aromatic N) is 5. The molecule has 3 heterocycles. The molecular weight excluding hydrogens is 492 g/mol. The molecule has 1 aromatic carbocycles. The monoisotopic (exact) mass is 536 g/mol. The molecule has 9 heteroatoms. The van der Waals surface area contributed by atoms with Crippen molar-refractivity contribution in [1.82, 2.24) is 14.8 Å². The Morgan fingerprint density at radius 1 is 0.846 bits per heavy atom. The normalized spacial score (nSPS) is 16.4. The van der Waals surface area contributed by atoms with Gasteiger partial charge in [-0.1, -0.05) is 13.0 Å². The number of rotatable bonds is 4. The SMILES string of the molecule is CCc1cc(NC(=O)N2CCN(c3cc(C)cc(C)c3)CC2)c(N2CCN(C(=O)OC(C)(C)C)CC2)nc1C. The summed E-state index contributed by atoms with van der Waals surface area (Å²) in [5.74, 6) is 0.760. The molecule has 0 atom stereocenters. The van der Waals surface area contributed by atoms with Crippen molar-refractivity contribution < 1.29 is 14.3 Å². The van der Waals surface area contributed by atoms with Gasteiger partial charge < -0.3 is 29.7 Å². The molecule has 0 unspecified atom stereocenters. The molecule has 2 aromatic rings. The number of aromatic nitrogens is 1. The summed E-state index contributed by atoms with van der Waals surface area (Å²) in [6.45, 7) is 19.2. The molecule has 0 bridgehead atoms. The van der Waals surface area contributed by atoms with Gasteiger partial charge in [-0.25, -0.2) is 14.6 Å². The Hall–Kier alpha value is -3.49. The summed E-state index contributed by atoms with van der Waals surface area (Å²) in [6.07, 6.45) is 0.546. The van der Waals surface area contributed by atoms with Crippen LogP contribution in [-0.4, -0.2) is 84.9 Å². The molecule has 3 amide bonds. The number of anilines is 3. The van der Waals surface area contributed by atoms with Crippen molar-refractivity contribution in [2.24, 2.45) is 0 Å². The zero-order valence-corrected chi connectivity index (χ0v) is 24.6. The molecule has 2 aliphatic rings. The standard InChI is InChI=1S/C30H44N6O3/c1-8-24-20-26(27(31-23(24)4)34-11-15-36(16-12-34)29(38)39-30(5,6)7)32-28(37)35-13-9-33(10-14-35)25-18-21(2)17-22(3)19-25/h17-20H,8-16H2,1-7H3,(H,32,37). The summed E-state index contributed by atoms with van der Waals surface area (Å²) in [5, 5.41) is 3.18. The molecule has 0 radical (unpaired) electrons. The average Bonchev–Trinajstić information content (AvgIpc) is 2.88. The molecule has 212 valence electrons. The van der Waals surface area contributed by atoms with Gasteiger partial charge in [0.15, 0.2) is 5.82 Å². The zero-order valence-electron chi connectivity index (χ0n) is 24.6. The fraction of sp³-hybridized carbons (Fsp3) is 0.567. The van der Waals surface area contributed by atoms with Crippen LogP contribution in [-0.2, 0) is 11.2 Å². The predicted octanol–water partition coefficient (Wildman–Crippen LogP) is 4.98. The third-order valence-corrected chi connectivity index (χ3v) is 7.29. The molecule has 1 N–H and O–H groups in total. The van der Waals surface area contributed by atoms with Crippen LogP contribution in [0.25, 0.3) is 0 Å². The lowest BCUT2D eigenvalue weighted by atomic mass is 10.1. The van der Waals surface area contributed by atoms with Gasteiger partial charge in [0.05, 0.1) is 5.69 Å². The second kappa shape index (κ2) is 11.7.